The number of aromatic nitrogens is 2. The molecule has 1 aliphatic rings. The molecule has 6 nitrogen and oxygen atoms in total. The molecule has 18 heavy (non-hydrogen) atoms. The maximum Gasteiger partial charge on any atom is 0.327 e. The van der Waals surface area contributed by atoms with Crippen LogP contribution in [0.5, 0.6) is 5.88 Å². The number of carboxylic acids is 1. The number of hydrogen-bond acceptors (Lipinski definition) is 6. The second-order valence-electron chi connectivity index (χ2n) is 3.75. The molecule has 1 atom stereocenters. The van der Waals surface area contributed by atoms with Gasteiger partial charge in [0.15, 0.2) is 0 Å². The van der Waals surface area contributed by atoms with E-state index in [2.05, 4.69) is 9.97 Å². The highest BCUT2D eigenvalue weighted by molar-refractivity contribution is 7.99. The van der Waals surface area contributed by atoms with Gasteiger partial charge >= 0.3 is 5.97 Å². The highest BCUT2D eigenvalue weighted by atomic mass is 32.2. The summed E-state index contributed by atoms with van der Waals surface area (Å²) in [5.74, 6) is 1.50. The predicted octanol–water partition coefficient (Wildman–Crippen LogP) is 0.882. The van der Waals surface area contributed by atoms with E-state index in [9.17, 15) is 9.90 Å². The molecule has 2 heterocycles. The van der Waals surface area contributed by atoms with Gasteiger partial charge < -0.3 is 14.7 Å². The van der Waals surface area contributed by atoms with Crippen molar-refractivity contribution in [2.75, 3.05) is 29.6 Å². The van der Waals surface area contributed by atoms with Gasteiger partial charge in [0, 0.05) is 30.3 Å². The molecule has 1 aromatic rings. The van der Waals surface area contributed by atoms with Crippen molar-refractivity contribution in [1.82, 2.24) is 9.97 Å². The van der Waals surface area contributed by atoms with Crippen LogP contribution in [0.15, 0.2) is 12.3 Å². The van der Waals surface area contributed by atoms with Gasteiger partial charge in [-0.3, -0.25) is 0 Å². The molecule has 0 bridgehead atoms. The minimum Gasteiger partial charge on any atom is -0.480 e. The van der Waals surface area contributed by atoms with Crippen molar-refractivity contribution in [2.45, 2.75) is 13.0 Å². The summed E-state index contributed by atoms with van der Waals surface area (Å²) in [6.45, 7) is 3.03. The van der Waals surface area contributed by atoms with E-state index in [1.54, 1.807) is 28.9 Å². The van der Waals surface area contributed by atoms with Crippen LogP contribution in [0, 0.1) is 0 Å². The molecule has 98 valence electrons. The van der Waals surface area contributed by atoms with Crippen LogP contribution in [0.1, 0.15) is 6.92 Å². The molecule has 0 aliphatic carbocycles. The zero-order valence-corrected chi connectivity index (χ0v) is 10.9. The van der Waals surface area contributed by atoms with Crippen LogP contribution < -0.4 is 9.64 Å². The predicted molar refractivity (Wildman–Crippen MR) is 69.3 cm³/mol. The van der Waals surface area contributed by atoms with Gasteiger partial charge in [0.25, 0.3) is 0 Å². The fraction of sp³-hybridized carbons (Fsp3) is 0.545. The van der Waals surface area contributed by atoms with Crippen molar-refractivity contribution < 1.29 is 14.6 Å². The number of anilines is 1. The summed E-state index contributed by atoms with van der Waals surface area (Å²) < 4.78 is 5.30. The molecule has 1 unspecified atom stereocenters. The van der Waals surface area contributed by atoms with E-state index in [1.165, 1.54) is 0 Å². The van der Waals surface area contributed by atoms with Crippen molar-refractivity contribution in [1.29, 1.82) is 0 Å². The van der Waals surface area contributed by atoms with Crippen LogP contribution in [0.25, 0.3) is 0 Å². The van der Waals surface area contributed by atoms with Crippen molar-refractivity contribution in [3.8, 4) is 5.88 Å². The number of carboxylic acid groups (broad SMARTS) is 1. The third-order valence-electron chi connectivity index (χ3n) is 2.58. The van der Waals surface area contributed by atoms with E-state index < -0.39 is 12.0 Å². The van der Waals surface area contributed by atoms with Crippen molar-refractivity contribution in [3.63, 3.8) is 0 Å². The summed E-state index contributed by atoms with van der Waals surface area (Å²) >= 11 is 1.63. The molecule has 7 heteroatoms. The molecule has 1 N–H and O–H groups in total. The second kappa shape index (κ2) is 5.90. The Bertz CT molecular complexity index is 430. The second-order valence-corrected chi connectivity index (χ2v) is 4.90. The largest absolute Gasteiger partial charge is 0.480 e. The lowest BCUT2D eigenvalue weighted by molar-refractivity contribution is -0.138. The van der Waals surface area contributed by atoms with Crippen LogP contribution in [0.2, 0.25) is 0 Å². The van der Waals surface area contributed by atoms with E-state index in [1.807, 2.05) is 6.92 Å². The Balaban J connectivity index is 2.22. The van der Waals surface area contributed by atoms with E-state index in [0.717, 1.165) is 5.75 Å². The summed E-state index contributed by atoms with van der Waals surface area (Å²) in [5, 5.41) is 9.20. The van der Waals surface area contributed by atoms with Crippen LogP contribution in [0.3, 0.4) is 0 Å². The minimum atomic E-state index is -0.840. The first-order valence-corrected chi connectivity index (χ1v) is 6.91. The fourth-order valence-electron chi connectivity index (χ4n) is 1.75. The van der Waals surface area contributed by atoms with Gasteiger partial charge in [0.1, 0.15) is 6.04 Å². The molecule has 2 rings (SSSR count). The molecule has 0 aromatic carbocycles. The number of aliphatic carboxylic acids is 1. The molecule has 1 saturated heterocycles. The van der Waals surface area contributed by atoms with Gasteiger partial charge in [-0.25, -0.2) is 9.78 Å². The number of thioether (sulfide) groups is 1. The normalized spacial score (nSPS) is 19.6. The smallest absolute Gasteiger partial charge is 0.327 e. The Morgan fingerprint density at radius 1 is 1.72 bits per heavy atom. The first kappa shape index (κ1) is 12.9. The van der Waals surface area contributed by atoms with Gasteiger partial charge in [0.2, 0.25) is 11.8 Å². The fourth-order valence-corrected chi connectivity index (χ4v) is 2.78. The summed E-state index contributed by atoms with van der Waals surface area (Å²) in [6, 6.07) is 1.10. The lowest BCUT2D eigenvalue weighted by Crippen LogP contribution is -2.48. The molecular weight excluding hydrogens is 254 g/mol. The van der Waals surface area contributed by atoms with E-state index >= 15 is 0 Å². The first-order chi connectivity index (χ1) is 8.72. The summed E-state index contributed by atoms with van der Waals surface area (Å²) in [7, 11) is 0. The van der Waals surface area contributed by atoms with Gasteiger partial charge in [0.05, 0.1) is 6.61 Å². The number of nitrogens with zero attached hydrogens (tertiary/aromatic N) is 3. The Hall–Kier alpha value is -1.50. The van der Waals surface area contributed by atoms with Gasteiger partial charge in [-0.05, 0) is 6.92 Å². The molecule has 1 aliphatic heterocycles. The highest BCUT2D eigenvalue weighted by Crippen LogP contribution is 2.22. The Morgan fingerprint density at radius 3 is 3.28 bits per heavy atom. The summed E-state index contributed by atoms with van der Waals surface area (Å²) in [4.78, 5) is 21.3. The number of rotatable bonds is 4. The topological polar surface area (TPSA) is 75.5 Å². The molecule has 0 amide bonds. The van der Waals surface area contributed by atoms with Crippen LogP contribution in [0.4, 0.5) is 5.95 Å². The van der Waals surface area contributed by atoms with Gasteiger partial charge in [-0.15, -0.1) is 0 Å². The van der Waals surface area contributed by atoms with E-state index in [4.69, 9.17) is 4.74 Å². The Morgan fingerprint density at radius 2 is 2.56 bits per heavy atom. The monoisotopic (exact) mass is 269 g/mol. The van der Waals surface area contributed by atoms with Crippen LogP contribution in [-0.4, -0.2) is 51.7 Å². The van der Waals surface area contributed by atoms with Crippen molar-refractivity contribution in [3.05, 3.63) is 12.3 Å². The lowest BCUT2D eigenvalue weighted by atomic mass is 10.3. The third kappa shape index (κ3) is 2.84. The third-order valence-corrected chi connectivity index (χ3v) is 3.60. The molecule has 0 saturated carbocycles. The first-order valence-electron chi connectivity index (χ1n) is 5.75. The quantitative estimate of drug-likeness (QED) is 0.869. The van der Waals surface area contributed by atoms with Crippen molar-refractivity contribution >= 4 is 23.7 Å². The molecule has 0 spiro atoms. The van der Waals surface area contributed by atoms with Crippen LogP contribution >= 0.6 is 11.8 Å². The standard InChI is InChI=1S/C11H15N3O3S/c1-2-17-9-3-4-12-11(13-9)14-5-6-18-7-8(14)10(15)16/h3-4,8H,2,5-7H2,1H3,(H,15,16). The van der Waals surface area contributed by atoms with Crippen LogP contribution in [-0.2, 0) is 4.79 Å². The Kier molecular flexibility index (Phi) is 4.24. The maximum absolute atomic E-state index is 11.2. The zero-order chi connectivity index (χ0) is 13.0. The van der Waals surface area contributed by atoms with E-state index in [0.29, 0.717) is 30.7 Å². The number of carbonyl (C=O) groups is 1. The van der Waals surface area contributed by atoms with E-state index in [-0.39, 0.29) is 0 Å². The summed E-state index contributed by atoms with van der Waals surface area (Å²) in [6.07, 6.45) is 1.59. The molecule has 1 aromatic heterocycles. The number of ether oxygens (including phenoxy) is 1. The van der Waals surface area contributed by atoms with Crippen molar-refractivity contribution in [2.24, 2.45) is 0 Å². The highest BCUT2D eigenvalue weighted by Gasteiger charge is 2.30. The Labute approximate surface area is 109 Å². The summed E-state index contributed by atoms with van der Waals surface area (Å²) in [5.41, 5.74) is 0. The SMILES string of the molecule is CCOc1ccnc(N2CCSCC2C(=O)O)n1. The van der Waals surface area contributed by atoms with Gasteiger partial charge in [-0.2, -0.15) is 16.7 Å². The lowest BCUT2D eigenvalue weighted by Gasteiger charge is -2.32. The zero-order valence-electron chi connectivity index (χ0n) is 10.1. The maximum atomic E-state index is 11.2. The molecule has 0 radical (unpaired) electrons. The number of hydrogen-bond donors (Lipinski definition) is 1. The molecular formula is C11H15N3O3S. The average Bonchev–Trinajstić information content (AvgIpc) is 2.39. The minimum absolute atomic E-state index is 0.425. The van der Waals surface area contributed by atoms with Gasteiger partial charge in [-0.1, -0.05) is 0 Å². The average molecular weight is 269 g/mol. The molecule has 1 fully saturated rings.